The average molecular weight is 212 g/mol. The molecule has 3 rings (SSSR count). The zero-order valence-corrected chi connectivity index (χ0v) is 8.56. The molecule has 0 aliphatic heterocycles. The van der Waals surface area contributed by atoms with Gasteiger partial charge in [0.2, 0.25) is 0 Å². The van der Waals surface area contributed by atoms with E-state index in [0.717, 1.165) is 25.7 Å². The van der Waals surface area contributed by atoms with Gasteiger partial charge in [0.25, 0.3) is 0 Å². The summed E-state index contributed by atoms with van der Waals surface area (Å²) in [5.74, 6) is -2.65. The summed E-state index contributed by atoms with van der Waals surface area (Å²) < 4.78 is 0. The summed E-state index contributed by atoms with van der Waals surface area (Å²) in [4.78, 5) is 22.2. The van der Waals surface area contributed by atoms with Crippen LogP contribution in [0.2, 0.25) is 0 Å². The molecule has 3 aliphatic rings. The average Bonchev–Trinajstić information content (AvgIpc) is 2.46. The van der Waals surface area contributed by atoms with Crippen molar-refractivity contribution in [3.05, 3.63) is 0 Å². The van der Waals surface area contributed by atoms with E-state index in [9.17, 15) is 9.59 Å². The van der Waals surface area contributed by atoms with Crippen LogP contribution < -0.4 is 0 Å². The first-order valence-corrected chi connectivity index (χ1v) is 5.55. The number of carboxylic acids is 2. The van der Waals surface area contributed by atoms with Crippen LogP contribution in [0.15, 0.2) is 0 Å². The summed E-state index contributed by atoms with van der Waals surface area (Å²) in [6.45, 7) is 0. The van der Waals surface area contributed by atoms with E-state index >= 15 is 0 Å². The molecular weight excluding hydrogens is 196 g/mol. The van der Waals surface area contributed by atoms with E-state index < -0.39 is 23.8 Å². The number of carbonyl (C=O) groups is 2. The molecule has 3 aliphatic carbocycles. The van der Waals surface area contributed by atoms with Crippen LogP contribution in [-0.2, 0) is 9.59 Å². The number of hydrogen-bond acceptors (Lipinski definition) is 2. The van der Waals surface area contributed by atoms with Crippen LogP contribution in [0.4, 0.5) is 0 Å². The molecule has 2 atom stereocenters. The fourth-order valence-electron chi connectivity index (χ4n) is 3.25. The monoisotopic (exact) mass is 212 g/mol. The van der Waals surface area contributed by atoms with Gasteiger partial charge >= 0.3 is 11.9 Å². The number of rotatable bonds is 2. The van der Waals surface area contributed by atoms with Crippen molar-refractivity contribution in [1.82, 2.24) is 0 Å². The normalized spacial score (nSPS) is 39.7. The predicted octanol–water partition coefficient (Wildman–Crippen LogP) is 1.60. The van der Waals surface area contributed by atoms with Gasteiger partial charge in [0.15, 0.2) is 0 Å². The summed E-state index contributed by atoms with van der Waals surface area (Å²) in [6.07, 6.45) is 4.37. The largest absolute Gasteiger partial charge is 0.481 e. The van der Waals surface area contributed by atoms with E-state index in [4.69, 9.17) is 10.2 Å². The fraction of sp³-hybridized carbons (Fsp3) is 0.818. The SMILES string of the molecule is O=C(O)C1CC2CCC(CC2)C1C(=O)O. The van der Waals surface area contributed by atoms with Gasteiger partial charge in [-0.1, -0.05) is 12.8 Å². The molecule has 4 nitrogen and oxygen atoms in total. The molecule has 0 amide bonds. The van der Waals surface area contributed by atoms with Crippen LogP contribution >= 0.6 is 0 Å². The first-order chi connectivity index (χ1) is 7.09. The van der Waals surface area contributed by atoms with Crippen LogP contribution in [0.5, 0.6) is 0 Å². The zero-order valence-electron chi connectivity index (χ0n) is 8.56. The third kappa shape index (κ3) is 1.85. The van der Waals surface area contributed by atoms with Crippen molar-refractivity contribution in [1.29, 1.82) is 0 Å². The maximum absolute atomic E-state index is 11.1. The molecule has 4 heteroatoms. The van der Waals surface area contributed by atoms with Crippen molar-refractivity contribution >= 4 is 11.9 Å². The Hall–Kier alpha value is -1.06. The molecular formula is C11H16O4. The molecule has 15 heavy (non-hydrogen) atoms. The van der Waals surface area contributed by atoms with Crippen molar-refractivity contribution in [2.24, 2.45) is 23.7 Å². The second-order valence-corrected chi connectivity index (χ2v) is 4.83. The summed E-state index contributed by atoms with van der Waals surface area (Å²) in [5, 5.41) is 18.2. The zero-order chi connectivity index (χ0) is 11.0. The van der Waals surface area contributed by atoms with Crippen molar-refractivity contribution in [3.8, 4) is 0 Å². The van der Waals surface area contributed by atoms with E-state index in [1.165, 1.54) is 0 Å². The maximum Gasteiger partial charge on any atom is 0.307 e. The van der Waals surface area contributed by atoms with Crippen LogP contribution in [0.1, 0.15) is 32.1 Å². The van der Waals surface area contributed by atoms with Crippen molar-refractivity contribution in [2.45, 2.75) is 32.1 Å². The van der Waals surface area contributed by atoms with Gasteiger partial charge in [0.05, 0.1) is 11.8 Å². The van der Waals surface area contributed by atoms with E-state index in [1.54, 1.807) is 0 Å². The van der Waals surface area contributed by atoms with E-state index in [0.29, 0.717) is 12.3 Å². The van der Waals surface area contributed by atoms with Gasteiger partial charge in [-0.3, -0.25) is 9.59 Å². The molecule has 0 spiro atoms. The molecule has 3 fully saturated rings. The third-order valence-electron chi connectivity index (χ3n) is 4.02. The van der Waals surface area contributed by atoms with Gasteiger partial charge in [0, 0.05) is 0 Å². The Morgan fingerprint density at radius 1 is 0.933 bits per heavy atom. The Morgan fingerprint density at radius 3 is 2.00 bits per heavy atom. The van der Waals surface area contributed by atoms with Crippen molar-refractivity contribution in [3.63, 3.8) is 0 Å². The Labute approximate surface area is 88.3 Å². The van der Waals surface area contributed by atoms with E-state index in [1.807, 2.05) is 0 Å². The smallest absolute Gasteiger partial charge is 0.307 e. The highest BCUT2D eigenvalue weighted by atomic mass is 16.4. The number of carboxylic acid groups (broad SMARTS) is 2. The van der Waals surface area contributed by atoms with Crippen molar-refractivity contribution < 1.29 is 19.8 Å². The molecule has 84 valence electrons. The predicted molar refractivity (Wildman–Crippen MR) is 52.3 cm³/mol. The number of aliphatic carboxylic acids is 2. The third-order valence-corrected chi connectivity index (χ3v) is 4.02. The molecule has 0 radical (unpaired) electrons. The lowest BCUT2D eigenvalue weighted by Gasteiger charge is -2.26. The van der Waals surface area contributed by atoms with Crippen LogP contribution in [0, 0.1) is 23.7 Å². The van der Waals surface area contributed by atoms with Crippen molar-refractivity contribution in [2.75, 3.05) is 0 Å². The second kappa shape index (κ2) is 3.83. The standard InChI is InChI=1S/C11H16O4/c12-10(13)8-5-6-1-3-7(4-2-6)9(8)11(14)15/h6-9H,1-5H2,(H,12,13)(H,14,15). The molecule has 0 heterocycles. The highest BCUT2D eigenvalue weighted by Gasteiger charge is 2.45. The molecule has 3 saturated carbocycles. The quantitative estimate of drug-likeness (QED) is 0.729. The molecule has 0 aromatic heterocycles. The molecule has 2 N–H and O–H groups in total. The summed E-state index contributed by atoms with van der Waals surface area (Å²) >= 11 is 0. The Morgan fingerprint density at radius 2 is 1.53 bits per heavy atom. The lowest BCUT2D eigenvalue weighted by Crippen LogP contribution is -2.33. The Balaban J connectivity index is 2.27. The summed E-state index contributed by atoms with van der Waals surface area (Å²) in [7, 11) is 0. The molecule has 0 aromatic rings. The Bertz CT molecular complexity index is 278. The molecule has 0 saturated heterocycles. The first-order valence-electron chi connectivity index (χ1n) is 5.55. The number of fused-ring (bicyclic) bond motifs is 4. The molecule has 2 unspecified atom stereocenters. The summed E-state index contributed by atoms with van der Waals surface area (Å²) in [5.41, 5.74) is 0. The minimum atomic E-state index is -0.929. The maximum atomic E-state index is 11.1. The minimum absolute atomic E-state index is 0.0855. The van der Waals surface area contributed by atoms with Gasteiger partial charge in [-0.2, -0.15) is 0 Å². The fourth-order valence-corrected chi connectivity index (χ4v) is 3.25. The molecule has 0 aromatic carbocycles. The van der Waals surface area contributed by atoms with Gasteiger partial charge in [-0.15, -0.1) is 0 Å². The highest BCUT2D eigenvalue weighted by Crippen LogP contribution is 2.45. The first kappa shape index (κ1) is 10.5. The van der Waals surface area contributed by atoms with Gasteiger partial charge in [0.1, 0.15) is 0 Å². The topological polar surface area (TPSA) is 74.6 Å². The van der Waals surface area contributed by atoms with Crippen LogP contribution in [0.25, 0.3) is 0 Å². The lowest BCUT2D eigenvalue weighted by molar-refractivity contribution is -0.155. The Kier molecular flexibility index (Phi) is 2.67. The van der Waals surface area contributed by atoms with E-state index in [2.05, 4.69) is 0 Å². The van der Waals surface area contributed by atoms with E-state index in [-0.39, 0.29) is 5.92 Å². The minimum Gasteiger partial charge on any atom is -0.481 e. The van der Waals surface area contributed by atoms with Gasteiger partial charge in [-0.25, -0.2) is 0 Å². The number of hydrogen-bond donors (Lipinski definition) is 2. The van der Waals surface area contributed by atoms with Crippen LogP contribution in [0.3, 0.4) is 0 Å². The lowest BCUT2D eigenvalue weighted by atomic mass is 9.78. The summed E-state index contributed by atoms with van der Waals surface area (Å²) in [6, 6.07) is 0. The molecule has 2 bridgehead atoms. The second-order valence-electron chi connectivity index (χ2n) is 4.83. The van der Waals surface area contributed by atoms with Gasteiger partial charge < -0.3 is 10.2 Å². The van der Waals surface area contributed by atoms with Gasteiger partial charge in [-0.05, 0) is 31.1 Å². The van der Waals surface area contributed by atoms with Crippen LogP contribution in [-0.4, -0.2) is 22.2 Å². The highest BCUT2D eigenvalue weighted by molar-refractivity contribution is 5.80.